The summed E-state index contributed by atoms with van der Waals surface area (Å²) in [6, 6.07) is 14.6. The molecule has 1 unspecified atom stereocenters. The Morgan fingerprint density at radius 1 is 1.00 bits per heavy atom. The van der Waals surface area contributed by atoms with Crippen LogP contribution in [0.1, 0.15) is 27.5 Å². The lowest BCUT2D eigenvalue weighted by molar-refractivity contribution is 0.0943. The number of hydrogen-bond acceptors (Lipinski definition) is 3. The maximum Gasteiger partial charge on any atom is 0.252 e. The van der Waals surface area contributed by atoms with Crippen molar-refractivity contribution in [3.63, 3.8) is 0 Å². The Morgan fingerprint density at radius 3 is 2.50 bits per heavy atom. The van der Waals surface area contributed by atoms with Crippen molar-refractivity contribution in [2.24, 2.45) is 0 Å². The fourth-order valence-electron chi connectivity index (χ4n) is 2.86. The number of hydrogen-bond donors (Lipinski definition) is 2. The van der Waals surface area contributed by atoms with E-state index in [2.05, 4.69) is 20.3 Å². The molecular weight excluding hydrogens is 331 g/mol. The number of nitrogens with one attached hydrogen (secondary N) is 2. The molecule has 0 fully saturated rings. The van der Waals surface area contributed by atoms with Crippen LogP contribution in [-0.2, 0) is 0 Å². The van der Waals surface area contributed by atoms with Crippen molar-refractivity contribution in [2.45, 2.75) is 6.04 Å². The summed E-state index contributed by atoms with van der Waals surface area (Å²) in [6.45, 7) is 0. The molecule has 128 valence electrons. The lowest BCUT2D eigenvalue weighted by Gasteiger charge is -2.20. The SMILES string of the molecule is O=C(NC(c1ccncc1)c1ccc(F)cc1)c1ccc2nc[nH]c2c1. The fraction of sp³-hybridized carbons (Fsp3) is 0.0500. The maximum atomic E-state index is 13.3. The summed E-state index contributed by atoms with van der Waals surface area (Å²) in [5, 5.41) is 3.02. The summed E-state index contributed by atoms with van der Waals surface area (Å²) < 4.78 is 13.3. The molecule has 0 aliphatic heterocycles. The standard InChI is InChI=1S/C20H15FN4O/c21-16-4-1-13(2-5-16)19(14-7-9-22-10-8-14)25-20(26)15-3-6-17-18(11-15)24-12-23-17/h1-12,19H,(H,23,24)(H,25,26). The van der Waals surface area contributed by atoms with Crippen LogP contribution in [-0.4, -0.2) is 20.9 Å². The van der Waals surface area contributed by atoms with E-state index < -0.39 is 6.04 Å². The van der Waals surface area contributed by atoms with E-state index in [9.17, 15) is 9.18 Å². The minimum Gasteiger partial charge on any atom is -0.345 e. The zero-order chi connectivity index (χ0) is 17.9. The number of pyridine rings is 1. The van der Waals surface area contributed by atoms with Crippen LogP contribution in [0.5, 0.6) is 0 Å². The number of carbonyl (C=O) groups excluding carboxylic acids is 1. The molecule has 2 aromatic heterocycles. The molecule has 0 saturated carbocycles. The molecule has 0 aliphatic rings. The normalized spacial score (nSPS) is 12.0. The molecule has 6 heteroatoms. The highest BCUT2D eigenvalue weighted by molar-refractivity contribution is 5.97. The first-order chi connectivity index (χ1) is 12.7. The van der Waals surface area contributed by atoms with Crippen LogP contribution in [0.25, 0.3) is 11.0 Å². The number of aromatic nitrogens is 3. The molecule has 2 N–H and O–H groups in total. The first kappa shape index (κ1) is 16.0. The van der Waals surface area contributed by atoms with E-state index in [1.165, 1.54) is 12.1 Å². The molecule has 2 heterocycles. The Bertz CT molecular complexity index is 1040. The summed E-state index contributed by atoms with van der Waals surface area (Å²) >= 11 is 0. The molecule has 0 spiro atoms. The van der Waals surface area contributed by atoms with Crippen molar-refractivity contribution < 1.29 is 9.18 Å². The van der Waals surface area contributed by atoms with Gasteiger partial charge in [-0.2, -0.15) is 0 Å². The Kier molecular flexibility index (Phi) is 4.15. The molecule has 2 aromatic carbocycles. The van der Waals surface area contributed by atoms with Gasteiger partial charge in [-0.05, 0) is 53.6 Å². The molecule has 26 heavy (non-hydrogen) atoms. The summed E-state index contributed by atoms with van der Waals surface area (Å²) in [7, 11) is 0. The maximum absolute atomic E-state index is 13.3. The van der Waals surface area contributed by atoms with Crippen LogP contribution in [0.2, 0.25) is 0 Å². The number of nitrogens with zero attached hydrogens (tertiary/aromatic N) is 2. The first-order valence-electron chi connectivity index (χ1n) is 8.10. The van der Waals surface area contributed by atoms with Gasteiger partial charge in [-0.1, -0.05) is 12.1 Å². The molecule has 1 atom stereocenters. The average Bonchev–Trinajstić information content (AvgIpc) is 3.15. The predicted octanol–water partition coefficient (Wildman–Crippen LogP) is 3.62. The third kappa shape index (κ3) is 3.17. The quantitative estimate of drug-likeness (QED) is 0.593. The van der Waals surface area contributed by atoms with Gasteiger partial charge in [0.05, 0.1) is 23.4 Å². The topological polar surface area (TPSA) is 70.7 Å². The summed E-state index contributed by atoms with van der Waals surface area (Å²) in [5.74, 6) is -0.550. The van der Waals surface area contributed by atoms with Crippen LogP contribution >= 0.6 is 0 Å². The van der Waals surface area contributed by atoms with Gasteiger partial charge in [-0.25, -0.2) is 9.37 Å². The number of aromatic amines is 1. The summed E-state index contributed by atoms with van der Waals surface area (Å²) in [4.78, 5) is 24.0. The van der Waals surface area contributed by atoms with Crippen LogP contribution < -0.4 is 5.32 Å². The lowest BCUT2D eigenvalue weighted by Crippen LogP contribution is -2.29. The molecular formula is C20H15FN4O. The minimum absolute atomic E-state index is 0.229. The number of benzene rings is 2. The first-order valence-corrected chi connectivity index (χ1v) is 8.10. The lowest BCUT2D eigenvalue weighted by atomic mass is 9.99. The predicted molar refractivity (Wildman–Crippen MR) is 96.0 cm³/mol. The van der Waals surface area contributed by atoms with Gasteiger partial charge in [-0.15, -0.1) is 0 Å². The zero-order valence-corrected chi connectivity index (χ0v) is 13.7. The number of imidazole rings is 1. The number of rotatable bonds is 4. The van der Waals surface area contributed by atoms with Gasteiger partial charge in [0.2, 0.25) is 0 Å². The van der Waals surface area contributed by atoms with E-state index in [4.69, 9.17) is 0 Å². The average molecular weight is 346 g/mol. The molecule has 1 amide bonds. The third-order valence-electron chi connectivity index (χ3n) is 4.20. The number of amides is 1. The Morgan fingerprint density at radius 2 is 1.73 bits per heavy atom. The van der Waals surface area contributed by atoms with Crippen LogP contribution in [0.4, 0.5) is 4.39 Å². The molecule has 0 radical (unpaired) electrons. The number of halogens is 1. The highest BCUT2D eigenvalue weighted by Gasteiger charge is 2.18. The van der Waals surface area contributed by atoms with E-state index in [0.29, 0.717) is 5.56 Å². The van der Waals surface area contributed by atoms with E-state index in [1.807, 2.05) is 12.1 Å². The smallest absolute Gasteiger partial charge is 0.252 e. The molecule has 0 aliphatic carbocycles. The van der Waals surface area contributed by atoms with E-state index in [0.717, 1.165) is 22.2 Å². The van der Waals surface area contributed by atoms with Gasteiger partial charge >= 0.3 is 0 Å². The highest BCUT2D eigenvalue weighted by atomic mass is 19.1. The van der Waals surface area contributed by atoms with Gasteiger partial charge in [0.25, 0.3) is 5.91 Å². The minimum atomic E-state index is -0.413. The van der Waals surface area contributed by atoms with E-state index in [-0.39, 0.29) is 11.7 Å². The van der Waals surface area contributed by atoms with Gasteiger partial charge in [0, 0.05) is 18.0 Å². The second-order valence-corrected chi connectivity index (χ2v) is 5.87. The largest absolute Gasteiger partial charge is 0.345 e. The third-order valence-corrected chi connectivity index (χ3v) is 4.20. The van der Waals surface area contributed by atoms with E-state index in [1.54, 1.807) is 49.1 Å². The highest BCUT2D eigenvalue weighted by Crippen LogP contribution is 2.23. The summed E-state index contributed by atoms with van der Waals surface area (Å²) in [6.07, 6.45) is 4.91. The van der Waals surface area contributed by atoms with Crippen molar-refractivity contribution in [1.29, 1.82) is 0 Å². The van der Waals surface area contributed by atoms with Crippen molar-refractivity contribution in [2.75, 3.05) is 0 Å². The fourth-order valence-corrected chi connectivity index (χ4v) is 2.86. The second kappa shape index (κ2) is 6.76. The van der Waals surface area contributed by atoms with E-state index >= 15 is 0 Å². The summed E-state index contributed by atoms with van der Waals surface area (Å²) in [5.41, 5.74) is 3.75. The monoisotopic (exact) mass is 346 g/mol. The van der Waals surface area contributed by atoms with Crippen LogP contribution in [0.3, 0.4) is 0 Å². The molecule has 4 aromatic rings. The van der Waals surface area contributed by atoms with Gasteiger partial charge in [-0.3, -0.25) is 9.78 Å². The van der Waals surface area contributed by atoms with Crippen molar-refractivity contribution in [3.05, 3.63) is 95.8 Å². The van der Waals surface area contributed by atoms with Crippen molar-refractivity contribution in [3.8, 4) is 0 Å². The second-order valence-electron chi connectivity index (χ2n) is 5.87. The molecule has 4 rings (SSSR count). The molecule has 0 bridgehead atoms. The molecule has 5 nitrogen and oxygen atoms in total. The van der Waals surface area contributed by atoms with Crippen molar-refractivity contribution >= 4 is 16.9 Å². The Balaban J connectivity index is 1.67. The zero-order valence-electron chi connectivity index (χ0n) is 13.7. The van der Waals surface area contributed by atoms with Gasteiger partial charge in [0.15, 0.2) is 0 Å². The van der Waals surface area contributed by atoms with Gasteiger partial charge in [0.1, 0.15) is 5.82 Å². The van der Waals surface area contributed by atoms with Gasteiger partial charge < -0.3 is 10.3 Å². The van der Waals surface area contributed by atoms with Crippen LogP contribution in [0, 0.1) is 5.82 Å². The molecule has 0 saturated heterocycles. The van der Waals surface area contributed by atoms with Crippen molar-refractivity contribution in [1.82, 2.24) is 20.3 Å². The Hall–Kier alpha value is -3.54. The number of H-pyrrole nitrogens is 1. The Labute approximate surface area is 148 Å². The van der Waals surface area contributed by atoms with Crippen LogP contribution in [0.15, 0.2) is 73.3 Å². The number of fused-ring (bicyclic) bond motifs is 1. The number of carbonyl (C=O) groups is 1.